The molecule has 6 nitrogen and oxygen atoms in total. The highest BCUT2D eigenvalue weighted by Crippen LogP contribution is 2.04. The monoisotopic (exact) mass is 300 g/mol. The van der Waals surface area contributed by atoms with E-state index < -0.39 is 0 Å². The Morgan fingerprint density at radius 3 is 2.57 bits per heavy atom. The van der Waals surface area contributed by atoms with Crippen molar-refractivity contribution in [1.82, 2.24) is 15.5 Å². The highest BCUT2D eigenvalue weighted by molar-refractivity contribution is 5.79. The van der Waals surface area contributed by atoms with Crippen LogP contribution in [0.5, 0.6) is 0 Å². The van der Waals surface area contributed by atoms with Crippen LogP contribution in [0.1, 0.15) is 26.7 Å². The first-order chi connectivity index (χ1) is 10.1. The van der Waals surface area contributed by atoms with Gasteiger partial charge in [0.15, 0.2) is 5.96 Å². The van der Waals surface area contributed by atoms with Crippen LogP contribution in [0, 0.1) is 0 Å². The molecule has 0 radical (unpaired) electrons. The molecule has 6 heteroatoms. The highest BCUT2D eigenvalue weighted by atomic mass is 16.5. The molecule has 21 heavy (non-hydrogen) atoms. The van der Waals surface area contributed by atoms with E-state index in [9.17, 15) is 0 Å². The van der Waals surface area contributed by atoms with Gasteiger partial charge in [-0.15, -0.1) is 0 Å². The number of rotatable bonds is 8. The van der Waals surface area contributed by atoms with Gasteiger partial charge in [-0.2, -0.15) is 0 Å². The first kappa shape index (κ1) is 18.2. The van der Waals surface area contributed by atoms with Gasteiger partial charge < -0.3 is 20.1 Å². The molecule has 0 spiro atoms. The minimum atomic E-state index is -0.187. The Balaban J connectivity index is 2.06. The predicted octanol–water partition coefficient (Wildman–Crippen LogP) is 0.689. The van der Waals surface area contributed by atoms with Gasteiger partial charge in [-0.3, -0.25) is 9.89 Å². The van der Waals surface area contributed by atoms with E-state index in [0.717, 1.165) is 58.3 Å². The molecule has 0 aromatic carbocycles. The van der Waals surface area contributed by atoms with E-state index in [1.165, 1.54) is 6.42 Å². The first-order valence-corrected chi connectivity index (χ1v) is 7.87. The summed E-state index contributed by atoms with van der Waals surface area (Å²) in [5, 5.41) is 6.63. The van der Waals surface area contributed by atoms with Gasteiger partial charge in [-0.25, -0.2) is 0 Å². The lowest BCUT2D eigenvalue weighted by molar-refractivity contribution is 0.0268. The molecular formula is C15H32N4O2. The number of guanidine groups is 1. The second kappa shape index (κ2) is 9.97. The normalized spacial score (nSPS) is 17.8. The lowest BCUT2D eigenvalue weighted by atomic mass is 10.1. The van der Waals surface area contributed by atoms with Gasteiger partial charge in [-0.05, 0) is 33.2 Å². The molecule has 0 unspecified atom stereocenters. The van der Waals surface area contributed by atoms with Crippen LogP contribution in [0.25, 0.3) is 0 Å². The van der Waals surface area contributed by atoms with Crippen molar-refractivity contribution < 1.29 is 9.47 Å². The first-order valence-electron chi connectivity index (χ1n) is 7.87. The zero-order chi connectivity index (χ0) is 15.6. The molecule has 0 aliphatic carbocycles. The Bertz CT molecular complexity index is 302. The second-order valence-electron chi connectivity index (χ2n) is 5.98. The lowest BCUT2D eigenvalue weighted by Crippen LogP contribution is -2.45. The fourth-order valence-electron chi connectivity index (χ4n) is 2.08. The summed E-state index contributed by atoms with van der Waals surface area (Å²) in [5.41, 5.74) is -0.187. The van der Waals surface area contributed by atoms with Crippen LogP contribution in [0.15, 0.2) is 4.99 Å². The molecule has 1 fully saturated rings. The van der Waals surface area contributed by atoms with E-state index in [-0.39, 0.29) is 5.60 Å². The summed E-state index contributed by atoms with van der Waals surface area (Å²) in [7, 11) is 3.52. The molecule has 124 valence electrons. The molecule has 1 aliphatic rings. The van der Waals surface area contributed by atoms with Crippen molar-refractivity contribution in [2.75, 3.05) is 60.1 Å². The van der Waals surface area contributed by atoms with Crippen LogP contribution in [0.2, 0.25) is 0 Å². The summed E-state index contributed by atoms with van der Waals surface area (Å²) >= 11 is 0. The Kier molecular flexibility index (Phi) is 8.64. The Morgan fingerprint density at radius 1 is 1.24 bits per heavy atom. The van der Waals surface area contributed by atoms with Crippen molar-refractivity contribution in [2.24, 2.45) is 4.99 Å². The van der Waals surface area contributed by atoms with Crippen LogP contribution < -0.4 is 10.6 Å². The molecule has 0 saturated carbocycles. The maximum Gasteiger partial charge on any atom is 0.191 e. The summed E-state index contributed by atoms with van der Waals surface area (Å²) in [6.07, 6.45) is 2.35. The molecule has 1 aliphatic heterocycles. The topological polar surface area (TPSA) is 58.1 Å². The van der Waals surface area contributed by atoms with Gasteiger partial charge in [0, 0.05) is 40.3 Å². The van der Waals surface area contributed by atoms with Gasteiger partial charge in [0.1, 0.15) is 0 Å². The predicted molar refractivity (Wildman–Crippen MR) is 86.9 cm³/mol. The highest BCUT2D eigenvalue weighted by Gasteiger charge is 2.16. The van der Waals surface area contributed by atoms with Crippen molar-refractivity contribution >= 4 is 5.96 Å². The van der Waals surface area contributed by atoms with E-state index in [2.05, 4.69) is 34.4 Å². The molecule has 1 rings (SSSR count). The molecule has 0 bridgehead atoms. The Hall–Kier alpha value is -0.850. The van der Waals surface area contributed by atoms with E-state index in [1.807, 2.05) is 0 Å². The SMILES string of the molecule is CN=C(NCCCCN1CCOCC1)NCC(C)(C)OC. The van der Waals surface area contributed by atoms with Crippen LogP contribution >= 0.6 is 0 Å². The maximum atomic E-state index is 5.38. The van der Waals surface area contributed by atoms with E-state index in [4.69, 9.17) is 9.47 Å². The molecule has 2 N–H and O–H groups in total. The summed E-state index contributed by atoms with van der Waals surface area (Å²) in [5.74, 6) is 0.839. The van der Waals surface area contributed by atoms with E-state index in [1.54, 1.807) is 14.2 Å². The number of unbranched alkanes of at least 4 members (excludes halogenated alkanes) is 1. The fourth-order valence-corrected chi connectivity index (χ4v) is 2.08. The average Bonchev–Trinajstić information content (AvgIpc) is 2.51. The van der Waals surface area contributed by atoms with E-state index in [0.29, 0.717) is 0 Å². The number of morpholine rings is 1. The summed E-state index contributed by atoms with van der Waals surface area (Å²) in [6.45, 7) is 10.8. The molecule has 1 saturated heterocycles. The third kappa shape index (κ3) is 8.24. The zero-order valence-electron chi connectivity index (χ0n) is 14.1. The van der Waals surface area contributed by atoms with Crippen molar-refractivity contribution in [2.45, 2.75) is 32.3 Å². The number of nitrogens with zero attached hydrogens (tertiary/aromatic N) is 2. The quantitative estimate of drug-likeness (QED) is 0.392. The van der Waals surface area contributed by atoms with Gasteiger partial charge in [0.05, 0.1) is 18.8 Å². The summed E-state index contributed by atoms with van der Waals surface area (Å²) in [6, 6.07) is 0. The molecule has 0 amide bonds. The lowest BCUT2D eigenvalue weighted by Gasteiger charge is -2.26. The fraction of sp³-hybridized carbons (Fsp3) is 0.933. The second-order valence-corrected chi connectivity index (χ2v) is 5.98. The summed E-state index contributed by atoms with van der Waals surface area (Å²) < 4.78 is 10.7. The third-order valence-electron chi connectivity index (χ3n) is 3.76. The van der Waals surface area contributed by atoms with Gasteiger partial charge in [0.25, 0.3) is 0 Å². The number of methoxy groups -OCH3 is 1. The molecule has 0 atom stereocenters. The number of nitrogens with one attached hydrogen (secondary N) is 2. The minimum Gasteiger partial charge on any atom is -0.379 e. The summed E-state index contributed by atoms with van der Waals surface area (Å²) in [4.78, 5) is 6.69. The van der Waals surface area contributed by atoms with Crippen molar-refractivity contribution in [3.63, 3.8) is 0 Å². The number of hydrogen-bond acceptors (Lipinski definition) is 4. The van der Waals surface area contributed by atoms with Crippen LogP contribution in [-0.2, 0) is 9.47 Å². The van der Waals surface area contributed by atoms with Crippen molar-refractivity contribution in [3.8, 4) is 0 Å². The molecule has 0 aromatic rings. The van der Waals surface area contributed by atoms with Crippen LogP contribution in [0.4, 0.5) is 0 Å². The van der Waals surface area contributed by atoms with Crippen molar-refractivity contribution in [1.29, 1.82) is 0 Å². The maximum absolute atomic E-state index is 5.38. The minimum absolute atomic E-state index is 0.187. The van der Waals surface area contributed by atoms with Gasteiger partial charge >= 0.3 is 0 Å². The van der Waals surface area contributed by atoms with Crippen LogP contribution in [0.3, 0.4) is 0 Å². The number of ether oxygens (including phenoxy) is 2. The Morgan fingerprint density at radius 2 is 1.95 bits per heavy atom. The van der Waals surface area contributed by atoms with Gasteiger partial charge in [0.2, 0.25) is 0 Å². The Labute approximate surface area is 129 Å². The zero-order valence-corrected chi connectivity index (χ0v) is 14.1. The standard InChI is InChI=1S/C15H32N4O2/c1-15(2,20-4)13-18-14(16-3)17-7-5-6-8-19-9-11-21-12-10-19/h5-13H2,1-4H3,(H2,16,17,18). The van der Waals surface area contributed by atoms with Crippen molar-refractivity contribution in [3.05, 3.63) is 0 Å². The number of hydrogen-bond donors (Lipinski definition) is 2. The molecule has 0 aromatic heterocycles. The largest absolute Gasteiger partial charge is 0.379 e. The smallest absolute Gasteiger partial charge is 0.191 e. The van der Waals surface area contributed by atoms with E-state index >= 15 is 0 Å². The molecule has 1 heterocycles. The molecular weight excluding hydrogens is 268 g/mol. The van der Waals surface area contributed by atoms with Gasteiger partial charge in [-0.1, -0.05) is 0 Å². The average molecular weight is 300 g/mol. The third-order valence-corrected chi connectivity index (χ3v) is 3.76. The number of aliphatic imine (C=N–C) groups is 1. The van der Waals surface area contributed by atoms with Crippen LogP contribution in [-0.4, -0.2) is 76.6 Å².